The van der Waals surface area contributed by atoms with Crippen molar-refractivity contribution in [3.63, 3.8) is 0 Å². The number of carbonyl (C=O) groups is 2. The van der Waals surface area contributed by atoms with Gasteiger partial charge in [-0.2, -0.15) is 0 Å². The minimum atomic E-state index is -0.470. The smallest absolute Gasteiger partial charge is 0.245 e. The van der Waals surface area contributed by atoms with E-state index in [1.165, 1.54) is 0 Å². The maximum Gasteiger partial charge on any atom is 0.245 e. The normalized spacial score (nSPS) is 22.4. The number of likely N-dealkylation sites (N-methyl/N-ethyl adjacent to an activating group) is 1. The Bertz CT molecular complexity index is 1200. The third kappa shape index (κ3) is 2.44. The number of benzene rings is 2. The van der Waals surface area contributed by atoms with Crippen LogP contribution in [0.1, 0.15) is 22.9 Å². The van der Waals surface area contributed by atoms with Gasteiger partial charge in [-0.25, -0.2) is 0 Å². The zero-order valence-electron chi connectivity index (χ0n) is 16.6. The van der Waals surface area contributed by atoms with Crippen molar-refractivity contribution in [3.8, 4) is 11.5 Å². The Morgan fingerprint density at radius 3 is 2.83 bits per heavy atom. The van der Waals surface area contributed by atoms with E-state index in [9.17, 15) is 9.59 Å². The average molecular weight is 403 g/mol. The zero-order chi connectivity index (χ0) is 20.4. The van der Waals surface area contributed by atoms with Crippen LogP contribution in [0.2, 0.25) is 0 Å². The van der Waals surface area contributed by atoms with E-state index >= 15 is 0 Å². The van der Waals surface area contributed by atoms with E-state index < -0.39 is 6.04 Å². The molecule has 0 bridgehead atoms. The Labute approximate surface area is 173 Å². The summed E-state index contributed by atoms with van der Waals surface area (Å²) < 4.78 is 11.0. The second kappa shape index (κ2) is 6.26. The average Bonchev–Trinajstić information content (AvgIpc) is 3.36. The molecule has 2 aromatic carbocycles. The second-order valence-corrected chi connectivity index (χ2v) is 8.19. The predicted molar refractivity (Wildman–Crippen MR) is 109 cm³/mol. The number of amides is 2. The van der Waals surface area contributed by atoms with Gasteiger partial charge in [-0.05, 0) is 35.7 Å². The van der Waals surface area contributed by atoms with Gasteiger partial charge in [0.25, 0.3) is 0 Å². The van der Waals surface area contributed by atoms with Gasteiger partial charge in [-0.3, -0.25) is 9.59 Å². The van der Waals surface area contributed by atoms with Gasteiger partial charge in [0.1, 0.15) is 6.04 Å². The summed E-state index contributed by atoms with van der Waals surface area (Å²) in [5.74, 6) is 1.44. The summed E-state index contributed by atoms with van der Waals surface area (Å²) in [5, 5.41) is 1.12. The Morgan fingerprint density at radius 2 is 1.93 bits per heavy atom. The number of aromatic amines is 1. The molecule has 4 heterocycles. The maximum atomic E-state index is 13.1. The third-order valence-corrected chi connectivity index (χ3v) is 6.44. The number of nitrogens with one attached hydrogen (secondary N) is 1. The first-order valence-electron chi connectivity index (χ1n) is 10.1. The number of piperazine rings is 1. The number of hydrogen-bond donors (Lipinski definition) is 1. The first-order valence-corrected chi connectivity index (χ1v) is 10.1. The van der Waals surface area contributed by atoms with E-state index in [1.54, 1.807) is 16.8 Å². The molecule has 152 valence electrons. The van der Waals surface area contributed by atoms with Crippen molar-refractivity contribution in [2.24, 2.45) is 0 Å². The molecule has 0 saturated carbocycles. The van der Waals surface area contributed by atoms with Crippen LogP contribution in [0.3, 0.4) is 0 Å². The molecule has 6 rings (SSSR count). The van der Waals surface area contributed by atoms with Crippen LogP contribution in [-0.4, -0.2) is 53.0 Å². The fraction of sp³-hybridized carbons (Fsp3) is 0.304. The van der Waals surface area contributed by atoms with Gasteiger partial charge in [0.2, 0.25) is 18.6 Å². The minimum Gasteiger partial charge on any atom is -0.454 e. The van der Waals surface area contributed by atoms with Crippen molar-refractivity contribution in [1.29, 1.82) is 0 Å². The molecule has 3 aliphatic rings. The number of ether oxygens (including phenoxy) is 2. The number of nitrogens with zero attached hydrogens (tertiary/aromatic N) is 2. The molecule has 3 aliphatic heterocycles. The van der Waals surface area contributed by atoms with Gasteiger partial charge >= 0.3 is 0 Å². The highest BCUT2D eigenvalue weighted by Gasteiger charge is 2.46. The summed E-state index contributed by atoms with van der Waals surface area (Å²) in [4.78, 5) is 33.0. The quantitative estimate of drug-likeness (QED) is 0.713. The highest BCUT2D eigenvalue weighted by molar-refractivity contribution is 5.97. The number of aromatic nitrogens is 1. The fourth-order valence-electron chi connectivity index (χ4n) is 5.04. The van der Waals surface area contributed by atoms with E-state index in [1.807, 2.05) is 36.4 Å². The summed E-state index contributed by atoms with van der Waals surface area (Å²) in [6.45, 7) is 0.338. The second-order valence-electron chi connectivity index (χ2n) is 8.19. The monoisotopic (exact) mass is 403 g/mol. The molecule has 0 spiro atoms. The summed E-state index contributed by atoms with van der Waals surface area (Å²) in [5.41, 5.74) is 4.23. The number of fused-ring (bicyclic) bond motifs is 5. The number of para-hydroxylation sites is 1. The van der Waals surface area contributed by atoms with Crippen LogP contribution in [0.25, 0.3) is 10.9 Å². The van der Waals surface area contributed by atoms with Crippen molar-refractivity contribution in [2.45, 2.75) is 24.9 Å². The van der Waals surface area contributed by atoms with Crippen LogP contribution in [0.15, 0.2) is 42.5 Å². The lowest BCUT2D eigenvalue weighted by Crippen LogP contribution is -2.62. The Balaban J connectivity index is 1.48. The van der Waals surface area contributed by atoms with Gasteiger partial charge in [0.15, 0.2) is 11.5 Å². The molecule has 30 heavy (non-hydrogen) atoms. The van der Waals surface area contributed by atoms with E-state index in [2.05, 4.69) is 11.1 Å². The molecule has 2 atom stereocenters. The first kappa shape index (κ1) is 17.4. The molecule has 7 heteroatoms. The Morgan fingerprint density at radius 1 is 1.10 bits per heavy atom. The summed E-state index contributed by atoms with van der Waals surface area (Å²) in [7, 11) is 1.70. The lowest BCUT2D eigenvalue weighted by molar-refractivity contribution is -0.158. The summed E-state index contributed by atoms with van der Waals surface area (Å²) in [6.07, 6.45) is 1.13. The molecular weight excluding hydrogens is 382 g/mol. The Kier molecular flexibility index (Phi) is 3.63. The molecule has 3 aromatic rings. The van der Waals surface area contributed by atoms with Crippen LogP contribution in [-0.2, 0) is 22.4 Å². The van der Waals surface area contributed by atoms with Crippen molar-refractivity contribution >= 4 is 22.7 Å². The van der Waals surface area contributed by atoms with Gasteiger partial charge in [0, 0.05) is 30.1 Å². The van der Waals surface area contributed by atoms with Gasteiger partial charge < -0.3 is 24.3 Å². The van der Waals surface area contributed by atoms with Crippen LogP contribution >= 0.6 is 0 Å². The largest absolute Gasteiger partial charge is 0.454 e. The van der Waals surface area contributed by atoms with Crippen LogP contribution in [0, 0.1) is 0 Å². The van der Waals surface area contributed by atoms with Crippen LogP contribution in [0.5, 0.6) is 11.5 Å². The van der Waals surface area contributed by atoms with Crippen molar-refractivity contribution in [3.05, 3.63) is 59.3 Å². The van der Waals surface area contributed by atoms with Gasteiger partial charge in [-0.1, -0.05) is 24.3 Å². The van der Waals surface area contributed by atoms with E-state index in [0.717, 1.165) is 39.2 Å². The van der Waals surface area contributed by atoms with Crippen LogP contribution in [0.4, 0.5) is 0 Å². The minimum absolute atomic E-state index is 0.00113. The standard InChI is InChI=1S/C23H21N3O4/c1-25-11-21(27)26-17(8-13-6-7-19-20(9-13)30-12-29-19)22-15(10-18(26)23(25)28)14-4-2-3-5-16(14)24-22/h2-7,9,17-18,24H,8,10-12H2,1H3/t17?,18-/m1/s1. The molecule has 1 aromatic heterocycles. The Hall–Kier alpha value is -3.48. The maximum absolute atomic E-state index is 13.1. The molecule has 1 saturated heterocycles. The van der Waals surface area contributed by atoms with Gasteiger partial charge in [-0.15, -0.1) is 0 Å². The molecule has 2 amide bonds. The molecule has 1 fully saturated rings. The molecule has 0 aliphatic carbocycles. The number of hydrogen-bond acceptors (Lipinski definition) is 4. The molecule has 7 nitrogen and oxygen atoms in total. The molecule has 0 radical (unpaired) electrons. The summed E-state index contributed by atoms with van der Waals surface area (Å²) >= 11 is 0. The number of rotatable bonds is 2. The predicted octanol–water partition coefficient (Wildman–Crippen LogP) is 2.41. The first-order chi connectivity index (χ1) is 14.6. The summed E-state index contributed by atoms with van der Waals surface area (Å²) in [6, 6.07) is 13.3. The fourth-order valence-corrected chi connectivity index (χ4v) is 5.04. The van der Waals surface area contributed by atoms with Crippen molar-refractivity contribution in [2.75, 3.05) is 20.4 Å². The molecular formula is C23H21N3O4. The molecule has 1 N–H and O–H groups in total. The number of carbonyl (C=O) groups excluding carboxylic acids is 2. The third-order valence-electron chi connectivity index (χ3n) is 6.44. The van der Waals surface area contributed by atoms with E-state index in [0.29, 0.717) is 12.8 Å². The highest BCUT2D eigenvalue weighted by atomic mass is 16.7. The van der Waals surface area contributed by atoms with Gasteiger partial charge in [0.05, 0.1) is 12.6 Å². The van der Waals surface area contributed by atoms with Crippen molar-refractivity contribution < 1.29 is 19.1 Å². The molecule has 1 unspecified atom stereocenters. The highest BCUT2D eigenvalue weighted by Crippen LogP contribution is 2.41. The number of H-pyrrole nitrogens is 1. The SMILES string of the molecule is CN1CC(=O)N2C(Cc3ccc4c(c3)OCO4)c3[nH]c4ccccc4c3C[C@@H]2C1=O. The van der Waals surface area contributed by atoms with E-state index in [4.69, 9.17) is 9.47 Å². The van der Waals surface area contributed by atoms with Crippen molar-refractivity contribution in [1.82, 2.24) is 14.8 Å². The van der Waals surface area contributed by atoms with E-state index in [-0.39, 0.29) is 31.2 Å². The lowest BCUT2D eigenvalue weighted by Gasteiger charge is -2.46. The zero-order valence-corrected chi connectivity index (χ0v) is 16.6. The lowest BCUT2D eigenvalue weighted by atomic mass is 9.86. The topological polar surface area (TPSA) is 74.9 Å². The van der Waals surface area contributed by atoms with Crippen LogP contribution < -0.4 is 9.47 Å².